The molecule has 1 aliphatic heterocycles. The highest BCUT2D eigenvalue weighted by Gasteiger charge is 2.58. The van der Waals surface area contributed by atoms with Crippen LogP contribution in [-0.2, 0) is 17.8 Å². The van der Waals surface area contributed by atoms with Gasteiger partial charge in [-0.05, 0) is 73.5 Å². The Labute approximate surface area is 159 Å². The first-order valence-corrected chi connectivity index (χ1v) is 9.79. The van der Waals surface area contributed by atoms with Crippen LogP contribution in [0.4, 0.5) is 4.39 Å². The molecule has 2 aliphatic rings. The van der Waals surface area contributed by atoms with Crippen LogP contribution >= 0.6 is 0 Å². The summed E-state index contributed by atoms with van der Waals surface area (Å²) >= 11 is 0. The van der Waals surface area contributed by atoms with E-state index >= 15 is 0 Å². The summed E-state index contributed by atoms with van der Waals surface area (Å²) in [6, 6.07) is 10.5. The summed E-state index contributed by atoms with van der Waals surface area (Å²) in [5.41, 5.74) is 2.32. The summed E-state index contributed by atoms with van der Waals surface area (Å²) < 4.78 is 13.1. The van der Waals surface area contributed by atoms with E-state index in [0.717, 1.165) is 49.9 Å². The predicted octanol–water partition coefficient (Wildman–Crippen LogP) is 3.18. The Morgan fingerprint density at radius 3 is 2.67 bits per heavy atom. The van der Waals surface area contributed by atoms with Gasteiger partial charge in [0.2, 0.25) is 5.91 Å². The van der Waals surface area contributed by atoms with E-state index in [1.54, 1.807) is 18.3 Å². The number of hydrogen-bond acceptors (Lipinski definition) is 3. The van der Waals surface area contributed by atoms with Gasteiger partial charge in [0.15, 0.2) is 0 Å². The number of carbonyl (C=O) groups is 1. The molecule has 1 aromatic heterocycles. The molecule has 142 valence electrons. The lowest BCUT2D eigenvalue weighted by Gasteiger charge is -2.27. The molecule has 0 radical (unpaired) electrons. The fraction of sp³-hybridized carbons (Fsp3) is 0.455. The first-order chi connectivity index (χ1) is 13.2. The van der Waals surface area contributed by atoms with Gasteiger partial charge >= 0.3 is 0 Å². The van der Waals surface area contributed by atoms with Crippen molar-refractivity contribution in [3.05, 3.63) is 65.7 Å². The number of rotatable bonds is 6. The molecule has 1 saturated carbocycles. The number of amides is 1. The first kappa shape index (κ1) is 18.1. The largest absolute Gasteiger partial charge is 0.338 e. The lowest BCUT2D eigenvalue weighted by molar-refractivity contribution is -0.134. The highest BCUT2D eigenvalue weighted by molar-refractivity contribution is 5.82. The molecule has 1 N–H and O–H groups in total. The second-order valence-electron chi connectivity index (χ2n) is 7.87. The average molecular weight is 367 g/mol. The van der Waals surface area contributed by atoms with Gasteiger partial charge in [0.05, 0.1) is 0 Å². The summed E-state index contributed by atoms with van der Waals surface area (Å²) in [5.74, 6) is 0.195. The monoisotopic (exact) mass is 367 g/mol. The van der Waals surface area contributed by atoms with E-state index < -0.39 is 0 Å². The molecule has 1 spiro atoms. The van der Waals surface area contributed by atoms with Crippen LogP contribution in [0.3, 0.4) is 0 Å². The quantitative estimate of drug-likeness (QED) is 0.853. The standard InChI is InChI=1S/C22H26FN3O/c23-19-5-3-17(4-6-19)7-13-26(16-18-2-1-10-25-15-18)21(27)20-14-22(20)8-11-24-12-9-22/h1-6,10,15,20,24H,7-9,11-14,16H2/t20-/m0/s1. The second kappa shape index (κ2) is 7.77. The SMILES string of the molecule is O=C([C@@H]1CC12CCNCC2)N(CCc1ccc(F)cc1)Cc1cccnc1. The van der Waals surface area contributed by atoms with Crippen molar-refractivity contribution < 1.29 is 9.18 Å². The Morgan fingerprint density at radius 2 is 1.96 bits per heavy atom. The van der Waals surface area contributed by atoms with E-state index in [4.69, 9.17) is 0 Å². The van der Waals surface area contributed by atoms with E-state index in [1.165, 1.54) is 12.1 Å². The second-order valence-corrected chi connectivity index (χ2v) is 7.87. The third-order valence-corrected chi connectivity index (χ3v) is 6.08. The topological polar surface area (TPSA) is 45.2 Å². The summed E-state index contributed by atoms with van der Waals surface area (Å²) in [4.78, 5) is 19.4. The van der Waals surface area contributed by atoms with Crippen molar-refractivity contribution in [2.24, 2.45) is 11.3 Å². The van der Waals surface area contributed by atoms with E-state index in [0.29, 0.717) is 13.1 Å². The molecular weight excluding hydrogens is 341 g/mol. The van der Waals surface area contributed by atoms with Gasteiger partial charge < -0.3 is 10.2 Å². The highest BCUT2D eigenvalue weighted by Crippen LogP contribution is 2.59. The number of hydrogen-bond donors (Lipinski definition) is 1. The molecule has 0 unspecified atom stereocenters. The number of nitrogens with zero attached hydrogens (tertiary/aromatic N) is 2. The van der Waals surface area contributed by atoms with Crippen LogP contribution in [0.25, 0.3) is 0 Å². The maximum Gasteiger partial charge on any atom is 0.226 e. The van der Waals surface area contributed by atoms with Crippen molar-refractivity contribution in [3.8, 4) is 0 Å². The molecule has 1 aromatic carbocycles. The van der Waals surface area contributed by atoms with Crippen LogP contribution in [-0.4, -0.2) is 35.4 Å². The van der Waals surface area contributed by atoms with E-state index in [9.17, 15) is 9.18 Å². The van der Waals surface area contributed by atoms with E-state index in [-0.39, 0.29) is 23.1 Å². The number of benzene rings is 1. The minimum Gasteiger partial charge on any atom is -0.338 e. The fourth-order valence-corrected chi connectivity index (χ4v) is 4.29. The van der Waals surface area contributed by atoms with Gasteiger partial charge in [-0.3, -0.25) is 9.78 Å². The molecule has 1 atom stereocenters. The number of aromatic nitrogens is 1. The predicted molar refractivity (Wildman–Crippen MR) is 102 cm³/mol. The van der Waals surface area contributed by atoms with Crippen molar-refractivity contribution in [2.45, 2.75) is 32.2 Å². The molecule has 27 heavy (non-hydrogen) atoms. The zero-order valence-electron chi connectivity index (χ0n) is 15.5. The van der Waals surface area contributed by atoms with Crippen LogP contribution in [0.15, 0.2) is 48.8 Å². The molecule has 1 saturated heterocycles. The molecule has 1 amide bonds. The number of piperidine rings is 1. The summed E-state index contributed by atoms with van der Waals surface area (Å²) in [5, 5.41) is 3.40. The van der Waals surface area contributed by atoms with Gasteiger partial charge in [0, 0.05) is 31.4 Å². The average Bonchev–Trinajstić information content (AvgIpc) is 3.40. The van der Waals surface area contributed by atoms with Crippen LogP contribution in [0.5, 0.6) is 0 Å². The zero-order valence-corrected chi connectivity index (χ0v) is 15.5. The van der Waals surface area contributed by atoms with Crippen molar-refractivity contribution in [2.75, 3.05) is 19.6 Å². The number of carbonyl (C=O) groups excluding carboxylic acids is 1. The number of nitrogens with one attached hydrogen (secondary N) is 1. The maximum atomic E-state index is 13.3. The minimum absolute atomic E-state index is 0.157. The molecular formula is C22H26FN3O. The van der Waals surface area contributed by atoms with Crippen LogP contribution in [0, 0.1) is 17.2 Å². The van der Waals surface area contributed by atoms with Gasteiger partial charge in [0.25, 0.3) is 0 Å². The maximum absolute atomic E-state index is 13.3. The Bertz CT molecular complexity index is 772. The van der Waals surface area contributed by atoms with Gasteiger partial charge in [-0.15, -0.1) is 0 Å². The van der Waals surface area contributed by atoms with E-state index in [1.807, 2.05) is 23.2 Å². The van der Waals surface area contributed by atoms with Gasteiger partial charge in [-0.2, -0.15) is 0 Å². The zero-order chi connectivity index (χ0) is 18.7. The summed E-state index contributed by atoms with van der Waals surface area (Å²) in [7, 11) is 0. The Hall–Kier alpha value is -2.27. The normalized spacial score (nSPS) is 20.4. The van der Waals surface area contributed by atoms with E-state index in [2.05, 4.69) is 10.3 Å². The van der Waals surface area contributed by atoms with Crippen molar-refractivity contribution in [1.29, 1.82) is 0 Å². The fourth-order valence-electron chi connectivity index (χ4n) is 4.29. The van der Waals surface area contributed by atoms with Gasteiger partial charge in [0.1, 0.15) is 5.82 Å². The molecule has 2 aromatic rings. The van der Waals surface area contributed by atoms with Crippen molar-refractivity contribution >= 4 is 5.91 Å². The first-order valence-electron chi connectivity index (χ1n) is 9.79. The summed E-state index contributed by atoms with van der Waals surface area (Å²) in [6.45, 7) is 3.26. The third kappa shape index (κ3) is 4.19. The molecule has 4 nitrogen and oxygen atoms in total. The van der Waals surface area contributed by atoms with Crippen LogP contribution in [0.2, 0.25) is 0 Å². The molecule has 2 fully saturated rings. The highest BCUT2D eigenvalue weighted by atomic mass is 19.1. The van der Waals surface area contributed by atoms with Gasteiger partial charge in [-0.1, -0.05) is 18.2 Å². The lowest BCUT2D eigenvalue weighted by Crippen LogP contribution is -2.37. The molecule has 4 rings (SSSR count). The molecule has 1 aliphatic carbocycles. The Balaban J connectivity index is 1.45. The van der Waals surface area contributed by atoms with Gasteiger partial charge in [-0.25, -0.2) is 4.39 Å². The van der Waals surface area contributed by atoms with Crippen LogP contribution in [0.1, 0.15) is 30.4 Å². The van der Waals surface area contributed by atoms with Crippen LogP contribution < -0.4 is 5.32 Å². The lowest BCUT2D eigenvalue weighted by atomic mass is 9.91. The number of pyridine rings is 1. The Kier molecular flexibility index (Phi) is 5.21. The van der Waals surface area contributed by atoms with Crippen molar-refractivity contribution in [3.63, 3.8) is 0 Å². The third-order valence-electron chi connectivity index (χ3n) is 6.08. The smallest absolute Gasteiger partial charge is 0.226 e. The molecule has 5 heteroatoms. The van der Waals surface area contributed by atoms with Crippen molar-refractivity contribution in [1.82, 2.24) is 15.2 Å². The Morgan fingerprint density at radius 1 is 1.19 bits per heavy atom. The summed E-state index contributed by atoms with van der Waals surface area (Å²) in [6.07, 6.45) is 7.52. The molecule has 2 heterocycles. The molecule has 0 bridgehead atoms. The number of halogens is 1. The minimum atomic E-state index is -0.229.